The van der Waals surface area contributed by atoms with Gasteiger partial charge in [-0.05, 0) is 60.4 Å². The van der Waals surface area contributed by atoms with E-state index >= 15 is 0 Å². The second-order valence-corrected chi connectivity index (χ2v) is 11.1. The van der Waals surface area contributed by atoms with Crippen molar-refractivity contribution in [2.75, 3.05) is 13.2 Å². The van der Waals surface area contributed by atoms with Gasteiger partial charge in [0.05, 0.1) is 12.7 Å². The third-order valence-corrected chi connectivity index (χ3v) is 8.31. The minimum absolute atomic E-state index is 0.0149. The fourth-order valence-electron chi connectivity index (χ4n) is 6.10. The highest BCUT2D eigenvalue weighted by Crippen LogP contribution is 2.44. The van der Waals surface area contributed by atoms with Crippen LogP contribution in [0.4, 0.5) is 4.79 Å². The Morgan fingerprint density at radius 2 is 1.57 bits per heavy atom. The monoisotopic (exact) mass is 570 g/mol. The predicted molar refractivity (Wildman–Crippen MR) is 159 cm³/mol. The van der Waals surface area contributed by atoms with Gasteiger partial charge in [0, 0.05) is 24.9 Å². The first-order chi connectivity index (χ1) is 20.4. The van der Waals surface area contributed by atoms with Crippen LogP contribution in [0, 0.1) is 0 Å². The van der Waals surface area contributed by atoms with Crippen molar-refractivity contribution in [2.24, 2.45) is 0 Å². The number of aliphatic carboxylic acids is 1. The van der Waals surface area contributed by atoms with E-state index in [9.17, 15) is 19.5 Å². The van der Waals surface area contributed by atoms with Crippen LogP contribution in [0.2, 0.25) is 0 Å². The summed E-state index contributed by atoms with van der Waals surface area (Å²) < 4.78 is 11.9. The number of carboxylic acid groups (broad SMARTS) is 1. The van der Waals surface area contributed by atoms with E-state index in [0.29, 0.717) is 13.0 Å². The Balaban J connectivity index is 1.30. The lowest BCUT2D eigenvalue weighted by Crippen LogP contribution is -2.57. The Labute approximate surface area is 246 Å². The number of carboxylic acids is 1. The van der Waals surface area contributed by atoms with Crippen molar-refractivity contribution in [2.45, 2.75) is 69.7 Å². The highest BCUT2D eigenvalue weighted by Gasteiger charge is 2.37. The number of carbonyl (C=O) groups excluding carboxylic acids is 2. The normalized spacial score (nSPS) is 17.5. The van der Waals surface area contributed by atoms with Crippen LogP contribution in [-0.4, -0.2) is 59.3 Å². The molecule has 42 heavy (non-hydrogen) atoms. The number of nitrogens with zero attached hydrogens (tertiary/aromatic N) is 1. The highest BCUT2D eigenvalue weighted by molar-refractivity contribution is 5.87. The number of hydrogen-bond donors (Lipinski definition) is 2. The quantitative estimate of drug-likeness (QED) is 0.304. The lowest BCUT2D eigenvalue weighted by atomic mass is 9.96. The molecule has 1 fully saturated rings. The van der Waals surface area contributed by atoms with E-state index in [1.165, 1.54) is 0 Å². The van der Waals surface area contributed by atoms with Crippen LogP contribution in [0.15, 0.2) is 78.9 Å². The van der Waals surface area contributed by atoms with Gasteiger partial charge in [-0.2, -0.15) is 0 Å². The maximum atomic E-state index is 14.0. The number of fused-ring (bicyclic) bond motifs is 3. The molecule has 3 aromatic rings. The summed E-state index contributed by atoms with van der Waals surface area (Å²) in [6, 6.07) is 24.7. The number of alkyl carbamates (subject to hydrolysis) is 1. The molecule has 2 N–H and O–H groups in total. The molecule has 1 saturated heterocycles. The van der Waals surface area contributed by atoms with Gasteiger partial charge >= 0.3 is 12.1 Å². The molecule has 1 aliphatic heterocycles. The molecule has 2 amide bonds. The molecule has 0 radical (unpaired) electrons. The topological polar surface area (TPSA) is 105 Å². The van der Waals surface area contributed by atoms with Crippen molar-refractivity contribution in [1.82, 2.24) is 10.2 Å². The SMILES string of the molecule is C[C@H](OCc1ccccc1)[C@@H](NC(=O)OCC1c2ccccc2-c2ccccc21)C(=O)N1CCCCC1CCC(=O)O. The highest BCUT2D eigenvalue weighted by atomic mass is 16.5. The lowest BCUT2D eigenvalue weighted by Gasteiger charge is -2.39. The predicted octanol–water partition coefficient (Wildman–Crippen LogP) is 5.74. The Hall–Kier alpha value is -4.17. The van der Waals surface area contributed by atoms with Crippen LogP contribution in [0.25, 0.3) is 11.1 Å². The second-order valence-electron chi connectivity index (χ2n) is 11.1. The molecule has 3 atom stereocenters. The summed E-state index contributed by atoms with van der Waals surface area (Å²) >= 11 is 0. The Kier molecular flexibility index (Phi) is 9.54. The third-order valence-electron chi connectivity index (χ3n) is 8.31. The maximum Gasteiger partial charge on any atom is 0.407 e. The van der Waals surface area contributed by atoms with Crippen molar-refractivity contribution in [3.8, 4) is 11.1 Å². The van der Waals surface area contributed by atoms with Crippen molar-refractivity contribution < 1.29 is 29.0 Å². The van der Waals surface area contributed by atoms with Gasteiger partial charge in [0.15, 0.2) is 0 Å². The van der Waals surface area contributed by atoms with Gasteiger partial charge in [-0.25, -0.2) is 4.79 Å². The van der Waals surface area contributed by atoms with E-state index in [1.54, 1.807) is 11.8 Å². The number of carbonyl (C=O) groups is 3. The number of amides is 2. The molecule has 3 aromatic carbocycles. The molecule has 1 aliphatic carbocycles. The average Bonchev–Trinajstić information content (AvgIpc) is 3.34. The van der Waals surface area contributed by atoms with E-state index in [0.717, 1.165) is 47.1 Å². The summed E-state index contributed by atoms with van der Waals surface area (Å²) in [5.41, 5.74) is 5.43. The maximum absolute atomic E-state index is 14.0. The molecule has 8 nitrogen and oxygen atoms in total. The molecule has 1 heterocycles. The van der Waals surface area contributed by atoms with Gasteiger partial charge in [-0.3, -0.25) is 9.59 Å². The van der Waals surface area contributed by atoms with Gasteiger partial charge < -0.3 is 24.8 Å². The van der Waals surface area contributed by atoms with Gasteiger partial charge in [-0.15, -0.1) is 0 Å². The standard InChI is InChI=1S/C34H38N2O6/c1-23(41-21-24-11-3-2-4-12-24)32(33(39)36-20-10-9-13-25(36)18-19-31(37)38)35-34(40)42-22-30-28-16-7-5-14-26(28)27-15-6-8-17-29(27)30/h2-8,11-12,14-17,23,25,30,32H,9-10,13,18-22H2,1H3,(H,35,40)(H,37,38)/t23-,25?,32+/m0/s1. The van der Waals surface area contributed by atoms with Gasteiger partial charge in [0.25, 0.3) is 0 Å². The van der Waals surface area contributed by atoms with Crippen molar-refractivity contribution in [3.63, 3.8) is 0 Å². The number of nitrogens with one attached hydrogen (secondary N) is 1. The van der Waals surface area contributed by atoms with E-state index in [4.69, 9.17) is 9.47 Å². The molecular formula is C34H38N2O6. The van der Waals surface area contributed by atoms with Gasteiger partial charge in [0.1, 0.15) is 12.6 Å². The Morgan fingerprint density at radius 3 is 2.24 bits per heavy atom. The molecule has 0 aromatic heterocycles. The number of rotatable bonds is 11. The molecule has 220 valence electrons. The molecule has 0 saturated carbocycles. The summed E-state index contributed by atoms with van der Waals surface area (Å²) in [5.74, 6) is -1.27. The summed E-state index contributed by atoms with van der Waals surface area (Å²) in [6.45, 7) is 2.69. The molecule has 8 heteroatoms. The number of ether oxygens (including phenoxy) is 2. The minimum atomic E-state index is -0.991. The third kappa shape index (κ3) is 6.82. The minimum Gasteiger partial charge on any atom is -0.481 e. The number of likely N-dealkylation sites (tertiary alicyclic amines) is 1. The van der Waals surface area contributed by atoms with Crippen LogP contribution in [-0.2, 0) is 25.7 Å². The molecule has 5 rings (SSSR count). The second kappa shape index (κ2) is 13.7. The number of benzene rings is 3. The van der Waals surface area contributed by atoms with Crippen LogP contribution in [0.5, 0.6) is 0 Å². The van der Waals surface area contributed by atoms with E-state index in [2.05, 4.69) is 29.6 Å². The first-order valence-corrected chi connectivity index (χ1v) is 14.7. The van der Waals surface area contributed by atoms with E-state index < -0.39 is 24.2 Å². The smallest absolute Gasteiger partial charge is 0.407 e. The zero-order chi connectivity index (χ0) is 29.5. The largest absolute Gasteiger partial charge is 0.481 e. The summed E-state index contributed by atoms with van der Waals surface area (Å²) in [7, 11) is 0. The van der Waals surface area contributed by atoms with Crippen molar-refractivity contribution in [3.05, 3.63) is 95.6 Å². The van der Waals surface area contributed by atoms with Gasteiger partial charge in [0.2, 0.25) is 5.91 Å². The van der Waals surface area contributed by atoms with E-state index in [-0.39, 0.29) is 37.5 Å². The Morgan fingerprint density at radius 1 is 0.929 bits per heavy atom. The Bertz CT molecular complexity index is 1350. The zero-order valence-electron chi connectivity index (χ0n) is 23.9. The summed E-state index contributed by atoms with van der Waals surface area (Å²) in [5, 5.41) is 12.1. The zero-order valence-corrected chi connectivity index (χ0v) is 23.9. The fraction of sp³-hybridized carbons (Fsp3) is 0.382. The van der Waals surface area contributed by atoms with Crippen LogP contribution >= 0.6 is 0 Å². The lowest BCUT2D eigenvalue weighted by molar-refractivity contribution is -0.143. The van der Waals surface area contributed by atoms with Crippen LogP contribution in [0.1, 0.15) is 61.6 Å². The fourth-order valence-corrected chi connectivity index (χ4v) is 6.10. The molecule has 1 unspecified atom stereocenters. The van der Waals surface area contributed by atoms with Crippen LogP contribution in [0.3, 0.4) is 0 Å². The average molecular weight is 571 g/mol. The number of piperidine rings is 1. The summed E-state index contributed by atoms with van der Waals surface area (Å²) in [6.07, 6.45) is 1.50. The molecular weight excluding hydrogens is 532 g/mol. The first-order valence-electron chi connectivity index (χ1n) is 14.7. The van der Waals surface area contributed by atoms with Crippen LogP contribution < -0.4 is 5.32 Å². The van der Waals surface area contributed by atoms with Crippen molar-refractivity contribution >= 4 is 18.0 Å². The summed E-state index contributed by atoms with van der Waals surface area (Å²) in [4.78, 5) is 40.2. The molecule has 2 aliphatic rings. The van der Waals surface area contributed by atoms with Crippen molar-refractivity contribution in [1.29, 1.82) is 0 Å². The molecule has 0 bridgehead atoms. The molecule has 0 spiro atoms. The van der Waals surface area contributed by atoms with Gasteiger partial charge in [-0.1, -0.05) is 78.9 Å². The number of hydrogen-bond acceptors (Lipinski definition) is 5. The first kappa shape index (κ1) is 29.3. The van der Waals surface area contributed by atoms with E-state index in [1.807, 2.05) is 54.6 Å².